The van der Waals surface area contributed by atoms with Crippen molar-refractivity contribution in [3.8, 4) is 11.1 Å². The zero-order chi connectivity index (χ0) is 31.8. The fraction of sp³-hybridized carbons (Fsp3) is 0.194. The summed E-state index contributed by atoms with van der Waals surface area (Å²) in [6.45, 7) is 0.569. The lowest BCUT2D eigenvalue weighted by molar-refractivity contribution is -0.252. The number of ether oxygens (including phenoxy) is 2. The SMILES string of the molecule is O=C1c2ccccc2C(=O)N1Cc1ccccc1-c1ccc([C@@H]2O[C@H](Cn3cnc(Cl)c3Cl)C[C@H](c3ccc(CO)cc3)O2)cc1. The van der Waals surface area contributed by atoms with Crippen LogP contribution in [0, 0.1) is 0 Å². The van der Waals surface area contributed by atoms with Crippen LogP contribution in [0.25, 0.3) is 11.1 Å². The normalized spacial score (nSPS) is 19.5. The predicted molar refractivity (Wildman–Crippen MR) is 173 cm³/mol. The first-order chi connectivity index (χ1) is 22.4. The molecule has 3 heterocycles. The van der Waals surface area contributed by atoms with E-state index in [1.165, 1.54) is 4.90 Å². The number of hydrogen-bond acceptors (Lipinski definition) is 6. The Balaban J connectivity index is 1.14. The van der Waals surface area contributed by atoms with Crippen molar-refractivity contribution in [3.05, 3.63) is 147 Å². The number of aromatic nitrogens is 2. The first kappa shape index (κ1) is 30.3. The smallest absolute Gasteiger partial charge is 0.261 e. The van der Waals surface area contributed by atoms with Gasteiger partial charge in [0.05, 0.1) is 49.4 Å². The maximum absolute atomic E-state index is 13.0. The van der Waals surface area contributed by atoms with E-state index in [4.69, 9.17) is 32.7 Å². The number of benzene rings is 4. The van der Waals surface area contributed by atoms with E-state index >= 15 is 0 Å². The summed E-state index contributed by atoms with van der Waals surface area (Å²) in [4.78, 5) is 31.5. The average Bonchev–Trinajstić information content (AvgIpc) is 3.54. The number of imidazole rings is 1. The number of amides is 2. The molecule has 1 fully saturated rings. The molecule has 0 aliphatic carbocycles. The Morgan fingerprint density at radius 2 is 1.41 bits per heavy atom. The van der Waals surface area contributed by atoms with E-state index in [9.17, 15) is 14.7 Å². The minimum Gasteiger partial charge on any atom is -0.392 e. The summed E-state index contributed by atoms with van der Waals surface area (Å²) >= 11 is 12.5. The van der Waals surface area contributed by atoms with Crippen LogP contribution in [0.15, 0.2) is 103 Å². The van der Waals surface area contributed by atoms with Crippen LogP contribution in [0.5, 0.6) is 0 Å². The fourth-order valence-electron chi connectivity index (χ4n) is 6.04. The van der Waals surface area contributed by atoms with Crippen molar-refractivity contribution in [2.45, 2.75) is 44.6 Å². The number of carbonyl (C=O) groups is 2. The monoisotopic (exact) mass is 653 g/mol. The van der Waals surface area contributed by atoms with Gasteiger partial charge in [-0.3, -0.25) is 14.5 Å². The van der Waals surface area contributed by atoms with Crippen molar-refractivity contribution in [1.29, 1.82) is 0 Å². The molecule has 0 radical (unpaired) electrons. The Hall–Kier alpha value is -4.31. The van der Waals surface area contributed by atoms with Gasteiger partial charge in [-0.1, -0.05) is 108 Å². The van der Waals surface area contributed by atoms with Crippen LogP contribution in [0.4, 0.5) is 0 Å². The number of aliphatic hydroxyl groups excluding tert-OH is 1. The highest BCUT2D eigenvalue weighted by Gasteiger charge is 2.36. The van der Waals surface area contributed by atoms with Gasteiger partial charge in [-0.05, 0) is 39.9 Å². The highest BCUT2D eigenvalue weighted by atomic mass is 35.5. The molecule has 8 nitrogen and oxygen atoms in total. The summed E-state index contributed by atoms with van der Waals surface area (Å²) in [5, 5.41) is 10.1. The molecular formula is C36H29Cl2N3O5. The standard InChI is InChI=1S/C36H29Cl2N3O5/c37-32-33(38)40(21-39-32)19-27-17-31(24-11-9-22(20-42)10-12-24)46-36(45-27)25-15-13-23(14-16-25)28-6-2-1-5-26(28)18-41-34(43)29-7-3-4-8-30(29)35(41)44/h1-16,21,27,31,36,42H,17-20H2/t27-,31+,36+/m0/s1. The van der Waals surface area contributed by atoms with Gasteiger partial charge in [0.15, 0.2) is 11.4 Å². The molecule has 4 aromatic carbocycles. The highest BCUT2D eigenvalue weighted by molar-refractivity contribution is 6.40. The van der Waals surface area contributed by atoms with Crippen LogP contribution >= 0.6 is 23.2 Å². The summed E-state index contributed by atoms with van der Waals surface area (Å²) in [6.07, 6.45) is 0.974. The summed E-state index contributed by atoms with van der Waals surface area (Å²) in [5.74, 6) is -0.571. The van der Waals surface area contributed by atoms with Crippen LogP contribution in [-0.2, 0) is 29.2 Å². The Labute approximate surface area is 275 Å². The molecule has 0 bridgehead atoms. The third-order valence-corrected chi connectivity index (χ3v) is 9.24. The number of hydrogen-bond donors (Lipinski definition) is 1. The molecule has 1 aromatic heterocycles. The zero-order valence-corrected chi connectivity index (χ0v) is 26.1. The van der Waals surface area contributed by atoms with E-state index < -0.39 is 6.29 Å². The first-order valence-corrected chi connectivity index (χ1v) is 15.7. The lowest BCUT2D eigenvalue weighted by Gasteiger charge is -2.36. The van der Waals surface area contributed by atoms with Crippen molar-refractivity contribution in [2.75, 3.05) is 0 Å². The minimum atomic E-state index is -0.665. The van der Waals surface area contributed by atoms with E-state index in [0.717, 1.165) is 33.4 Å². The number of aliphatic hydroxyl groups is 1. The lowest BCUT2D eigenvalue weighted by atomic mass is 9.97. The van der Waals surface area contributed by atoms with E-state index in [1.807, 2.05) is 72.8 Å². The van der Waals surface area contributed by atoms with E-state index in [-0.39, 0.29) is 42.3 Å². The Kier molecular flexibility index (Phi) is 8.46. The number of halogens is 2. The summed E-state index contributed by atoms with van der Waals surface area (Å²) < 4.78 is 14.7. The van der Waals surface area contributed by atoms with Crippen LogP contribution in [0.2, 0.25) is 10.3 Å². The third-order valence-electron chi connectivity index (χ3n) is 8.47. The number of fused-ring (bicyclic) bond motifs is 1. The molecule has 232 valence electrons. The molecule has 1 N–H and O–H groups in total. The average molecular weight is 655 g/mol. The van der Waals surface area contributed by atoms with Crippen LogP contribution in [0.1, 0.15) is 61.8 Å². The van der Waals surface area contributed by atoms with Gasteiger partial charge in [-0.15, -0.1) is 0 Å². The van der Waals surface area contributed by atoms with Crippen LogP contribution < -0.4 is 0 Å². The number of imide groups is 1. The molecule has 0 spiro atoms. The second kappa shape index (κ2) is 12.8. The molecule has 2 aliphatic heterocycles. The molecule has 1 saturated heterocycles. The van der Waals surface area contributed by atoms with Gasteiger partial charge >= 0.3 is 0 Å². The first-order valence-electron chi connectivity index (χ1n) is 14.9. The summed E-state index contributed by atoms with van der Waals surface area (Å²) in [5.41, 5.74) is 6.20. The van der Waals surface area contributed by atoms with Crippen molar-refractivity contribution in [1.82, 2.24) is 14.5 Å². The van der Waals surface area contributed by atoms with Gasteiger partial charge in [-0.2, -0.15) is 0 Å². The molecule has 2 amide bonds. The molecule has 0 unspecified atom stereocenters. The van der Waals surface area contributed by atoms with Crippen molar-refractivity contribution in [3.63, 3.8) is 0 Å². The largest absolute Gasteiger partial charge is 0.392 e. The molecule has 0 saturated carbocycles. The second-order valence-corrected chi connectivity index (χ2v) is 12.1. The second-order valence-electron chi connectivity index (χ2n) is 11.3. The molecule has 2 aliphatic rings. The predicted octanol–water partition coefficient (Wildman–Crippen LogP) is 7.39. The summed E-state index contributed by atoms with van der Waals surface area (Å²) in [7, 11) is 0. The lowest BCUT2D eigenvalue weighted by Crippen LogP contribution is -2.32. The maximum Gasteiger partial charge on any atom is 0.261 e. The topological polar surface area (TPSA) is 93.9 Å². The van der Waals surface area contributed by atoms with Crippen molar-refractivity contribution in [2.24, 2.45) is 0 Å². The molecule has 10 heteroatoms. The zero-order valence-electron chi connectivity index (χ0n) is 24.6. The Morgan fingerprint density at radius 3 is 2.04 bits per heavy atom. The molecule has 5 aromatic rings. The van der Waals surface area contributed by atoms with E-state index in [2.05, 4.69) is 4.98 Å². The Bertz CT molecular complexity index is 1870. The van der Waals surface area contributed by atoms with Crippen molar-refractivity contribution < 1.29 is 24.2 Å². The minimum absolute atomic E-state index is 0.0339. The van der Waals surface area contributed by atoms with E-state index in [0.29, 0.717) is 29.2 Å². The van der Waals surface area contributed by atoms with Crippen LogP contribution in [-0.4, -0.2) is 37.5 Å². The van der Waals surface area contributed by atoms with Gasteiger partial charge in [0, 0.05) is 12.0 Å². The molecule has 7 rings (SSSR count). The number of nitrogens with zero attached hydrogens (tertiary/aromatic N) is 3. The Morgan fingerprint density at radius 1 is 0.783 bits per heavy atom. The van der Waals surface area contributed by atoms with Crippen LogP contribution in [0.3, 0.4) is 0 Å². The molecule has 46 heavy (non-hydrogen) atoms. The molecule has 3 atom stereocenters. The van der Waals surface area contributed by atoms with Gasteiger partial charge in [0.2, 0.25) is 0 Å². The van der Waals surface area contributed by atoms with Crippen molar-refractivity contribution >= 4 is 35.0 Å². The van der Waals surface area contributed by atoms with Gasteiger partial charge in [0.25, 0.3) is 11.8 Å². The van der Waals surface area contributed by atoms with Gasteiger partial charge in [0.1, 0.15) is 5.15 Å². The quantitative estimate of drug-likeness (QED) is 0.176. The highest BCUT2D eigenvalue weighted by Crippen LogP contribution is 2.39. The fourth-order valence-corrected chi connectivity index (χ4v) is 6.35. The summed E-state index contributed by atoms with van der Waals surface area (Å²) in [6, 6.07) is 30.3. The number of carbonyl (C=O) groups excluding carboxylic acids is 2. The van der Waals surface area contributed by atoms with Gasteiger partial charge < -0.3 is 19.1 Å². The number of rotatable bonds is 8. The third kappa shape index (κ3) is 5.86. The van der Waals surface area contributed by atoms with E-state index in [1.54, 1.807) is 35.2 Å². The maximum atomic E-state index is 13.0. The molecular weight excluding hydrogens is 625 g/mol. The van der Waals surface area contributed by atoms with Gasteiger partial charge in [-0.25, -0.2) is 4.98 Å².